The Balaban J connectivity index is 2.57. The first-order valence-corrected chi connectivity index (χ1v) is 6.12. The first-order valence-electron chi connectivity index (χ1n) is 4.15. The maximum atomic E-state index is 5.36. The van der Waals surface area contributed by atoms with Crippen LogP contribution in [0, 0.1) is 12.3 Å². The first-order chi connectivity index (χ1) is 5.83. The number of hydrogen-bond acceptors (Lipinski definition) is 2. The van der Waals surface area contributed by atoms with E-state index in [1.807, 2.05) is 29.6 Å². The summed E-state index contributed by atoms with van der Waals surface area (Å²) in [5, 5.41) is 0. The Labute approximate surface area is 83.6 Å². The van der Waals surface area contributed by atoms with Gasteiger partial charge in [-0.3, -0.25) is 0 Å². The van der Waals surface area contributed by atoms with Crippen molar-refractivity contribution in [3.8, 4) is 12.3 Å². The lowest BCUT2D eigenvalue weighted by Crippen LogP contribution is -2.23. The van der Waals surface area contributed by atoms with E-state index in [-0.39, 0.29) is 4.08 Å². The summed E-state index contributed by atoms with van der Waals surface area (Å²) in [6, 6.07) is 0. The molecule has 12 heavy (non-hydrogen) atoms. The highest BCUT2D eigenvalue weighted by Gasteiger charge is 2.31. The molecule has 0 aromatic rings. The van der Waals surface area contributed by atoms with Crippen molar-refractivity contribution in [3.63, 3.8) is 0 Å². The zero-order valence-corrected chi connectivity index (χ0v) is 8.85. The summed E-state index contributed by atoms with van der Waals surface area (Å²) >= 11 is 4.02. The van der Waals surface area contributed by atoms with E-state index >= 15 is 0 Å². The Bertz CT molecular complexity index is 185. The molecule has 0 nitrogen and oxygen atoms in total. The standard InChI is InChI=1S/C10H14S2/c1-3-6-10(7-4-2)11-8-5-9-12-10/h1,4H,2,5-9H2. The Morgan fingerprint density at radius 2 is 2.17 bits per heavy atom. The highest BCUT2D eigenvalue weighted by Crippen LogP contribution is 2.47. The molecule has 0 atom stereocenters. The second kappa shape index (κ2) is 4.89. The minimum absolute atomic E-state index is 0.259. The lowest BCUT2D eigenvalue weighted by Gasteiger charge is -2.33. The highest BCUT2D eigenvalue weighted by atomic mass is 32.2. The number of allylic oxidation sites excluding steroid dienone is 1. The average Bonchev–Trinajstić information content (AvgIpc) is 2.07. The zero-order chi connectivity index (χ0) is 8.86. The van der Waals surface area contributed by atoms with Crippen molar-refractivity contribution < 1.29 is 0 Å². The van der Waals surface area contributed by atoms with E-state index in [1.54, 1.807) is 0 Å². The molecule has 0 aromatic carbocycles. The molecule has 0 bridgehead atoms. The molecule has 1 aliphatic rings. The molecule has 0 saturated carbocycles. The molecule has 0 aromatic heterocycles. The summed E-state index contributed by atoms with van der Waals surface area (Å²) in [7, 11) is 0. The third-order valence-electron chi connectivity index (χ3n) is 1.85. The van der Waals surface area contributed by atoms with Crippen LogP contribution in [0.5, 0.6) is 0 Å². The van der Waals surface area contributed by atoms with Crippen LogP contribution in [0.1, 0.15) is 19.3 Å². The zero-order valence-electron chi connectivity index (χ0n) is 7.21. The molecule has 0 spiro atoms. The fourth-order valence-electron chi connectivity index (χ4n) is 1.28. The van der Waals surface area contributed by atoms with E-state index in [1.165, 1.54) is 17.9 Å². The van der Waals surface area contributed by atoms with E-state index in [0.29, 0.717) is 0 Å². The fraction of sp³-hybridized carbons (Fsp3) is 0.600. The topological polar surface area (TPSA) is 0 Å². The van der Waals surface area contributed by atoms with Gasteiger partial charge in [0.1, 0.15) is 0 Å². The van der Waals surface area contributed by atoms with Crippen molar-refractivity contribution in [1.29, 1.82) is 0 Å². The normalized spacial score (nSPS) is 21.2. The molecule has 1 heterocycles. The largest absolute Gasteiger partial charge is 0.143 e. The van der Waals surface area contributed by atoms with Gasteiger partial charge in [-0.15, -0.1) is 42.4 Å². The van der Waals surface area contributed by atoms with Gasteiger partial charge in [-0.25, -0.2) is 0 Å². The third-order valence-corrected chi connectivity index (χ3v) is 5.21. The summed E-state index contributed by atoms with van der Waals surface area (Å²) in [6.45, 7) is 3.79. The minimum atomic E-state index is 0.259. The van der Waals surface area contributed by atoms with Crippen molar-refractivity contribution in [3.05, 3.63) is 12.7 Å². The van der Waals surface area contributed by atoms with Crippen LogP contribution in [0.25, 0.3) is 0 Å². The van der Waals surface area contributed by atoms with E-state index < -0.39 is 0 Å². The van der Waals surface area contributed by atoms with Gasteiger partial charge < -0.3 is 0 Å². The molecule has 0 N–H and O–H groups in total. The van der Waals surface area contributed by atoms with Crippen LogP contribution in [0.15, 0.2) is 12.7 Å². The minimum Gasteiger partial charge on any atom is -0.143 e. The van der Waals surface area contributed by atoms with E-state index in [2.05, 4.69) is 12.5 Å². The Morgan fingerprint density at radius 1 is 1.50 bits per heavy atom. The highest BCUT2D eigenvalue weighted by molar-refractivity contribution is 8.18. The van der Waals surface area contributed by atoms with Crippen molar-refractivity contribution >= 4 is 23.5 Å². The monoisotopic (exact) mass is 198 g/mol. The summed E-state index contributed by atoms with van der Waals surface area (Å²) in [5.41, 5.74) is 0. The Hall–Kier alpha value is -0.000000000000000111. The van der Waals surface area contributed by atoms with Gasteiger partial charge in [-0.1, -0.05) is 6.08 Å². The number of hydrogen-bond donors (Lipinski definition) is 0. The quantitative estimate of drug-likeness (QED) is 0.505. The molecule has 0 amide bonds. The van der Waals surface area contributed by atoms with E-state index in [4.69, 9.17) is 6.42 Å². The SMILES string of the molecule is C#CCC1(CC=C)SCCCS1. The van der Waals surface area contributed by atoms with Gasteiger partial charge in [0.25, 0.3) is 0 Å². The van der Waals surface area contributed by atoms with Crippen LogP contribution in [-0.2, 0) is 0 Å². The van der Waals surface area contributed by atoms with Crippen LogP contribution in [0.3, 0.4) is 0 Å². The third kappa shape index (κ3) is 2.50. The molecule has 0 unspecified atom stereocenters. The first kappa shape index (κ1) is 10.1. The molecule has 66 valence electrons. The van der Waals surface area contributed by atoms with Crippen molar-refractivity contribution in [2.24, 2.45) is 0 Å². The molecule has 0 radical (unpaired) electrons. The van der Waals surface area contributed by atoms with Crippen LogP contribution in [0.4, 0.5) is 0 Å². The number of rotatable bonds is 3. The average molecular weight is 198 g/mol. The van der Waals surface area contributed by atoms with Crippen LogP contribution < -0.4 is 0 Å². The lowest BCUT2D eigenvalue weighted by molar-refractivity contribution is 0.829. The number of terminal acetylenes is 1. The molecular weight excluding hydrogens is 184 g/mol. The smallest absolute Gasteiger partial charge is 0.0753 e. The van der Waals surface area contributed by atoms with Gasteiger partial charge in [-0.2, -0.15) is 0 Å². The summed E-state index contributed by atoms with van der Waals surface area (Å²) < 4.78 is 0.259. The lowest BCUT2D eigenvalue weighted by atomic mass is 10.2. The predicted molar refractivity (Wildman–Crippen MR) is 60.5 cm³/mol. The van der Waals surface area contributed by atoms with Crippen LogP contribution >= 0.6 is 23.5 Å². The molecule has 1 rings (SSSR count). The van der Waals surface area contributed by atoms with Crippen molar-refractivity contribution in [2.75, 3.05) is 11.5 Å². The maximum absolute atomic E-state index is 5.36. The molecule has 1 saturated heterocycles. The van der Waals surface area contributed by atoms with Crippen molar-refractivity contribution in [2.45, 2.75) is 23.3 Å². The Morgan fingerprint density at radius 3 is 2.67 bits per heavy atom. The maximum Gasteiger partial charge on any atom is 0.0753 e. The molecular formula is C10H14S2. The van der Waals surface area contributed by atoms with Gasteiger partial charge in [0.15, 0.2) is 0 Å². The van der Waals surface area contributed by atoms with E-state index in [9.17, 15) is 0 Å². The molecule has 0 aliphatic carbocycles. The second-order valence-electron chi connectivity index (χ2n) is 2.83. The van der Waals surface area contributed by atoms with Crippen molar-refractivity contribution in [1.82, 2.24) is 0 Å². The number of thioether (sulfide) groups is 2. The van der Waals surface area contributed by atoms with Gasteiger partial charge in [0.05, 0.1) is 4.08 Å². The van der Waals surface area contributed by atoms with Gasteiger partial charge in [0, 0.05) is 6.42 Å². The van der Waals surface area contributed by atoms with E-state index in [0.717, 1.165) is 12.8 Å². The summed E-state index contributed by atoms with van der Waals surface area (Å²) in [5.74, 6) is 5.28. The fourth-order valence-corrected chi connectivity index (χ4v) is 4.46. The van der Waals surface area contributed by atoms with Gasteiger partial charge >= 0.3 is 0 Å². The molecule has 1 fully saturated rings. The summed E-state index contributed by atoms with van der Waals surface area (Å²) in [6.07, 6.45) is 10.6. The van der Waals surface area contributed by atoms with Gasteiger partial charge in [0.2, 0.25) is 0 Å². The van der Waals surface area contributed by atoms with Crippen LogP contribution in [0.2, 0.25) is 0 Å². The predicted octanol–water partition coefficient (Wildman–Crippen LogP) is 3.15. The summed E-state index contributed by atoms with van der Waals surface area (Å²) in [4.78, 5) is 0. The Kier molecular flexibility index (Phi) is 4.11. The van der Waals surface area contributed by atoms with Gasteiger partial charge in [-0.05, 0) is 24.3 Å². The molecule has 2 heteroatoms. The second-order valence-corrected chi connectivity index (χ2v) is 6.05. The van der Waals surface area contributed by atoms with Crippen LogP contribution in [-0.4, -0.2) is 15.6 Å². The molecule has 1 aliphatic heterocycles.